The van der Waals surface area contributed by atoms with Crippen LogP contribution in [0.4, 0.5) is 0 Å². The van der Waals surface area contributed by atoms with E-state index in [1.807, 2.05) is 58.9 Å². The summed E-state index contributed by atoms with van der Waals surface area (Å²) < 4.78 is 12.8. The molecule has 0 saturated heterocycles. The molecule has 0 aromatic heterocycles. The summed E-state index contributed by atoms with van der Waals surface area (Å²) in [5, 5.41) is 0. The molecule has 0 aliphatic carbocycles. The van der Waals surface area contributed by atoms with Gasteiger partial charge in [-0.15, -0.1) is 0 Å². The Morgan fingerprint density at radius 2 is 1.28 bits per heavy atom. The summed E-state index contributed by atoms with van der Waals surface area (Å²) in [5.74, 6) is -0.878. The standard InChI is InChI=1S/C16H35NO5Si3/c1-13(18)17(23(2,3)4)14(16(20)22-25(8,9)10)11-12-15(19)21-24(5,6)7/h14H,11-12H2,1-10H3/t14-/m0/s1. The van der Waals surface area contributed by atoms with E-state index in [0.29, 0.717) is 0 Å². The molecule has 0 heterocycles. The summed E-state index contributed by atoms with van der Waals surface area (Å²) >= 11 is 0. The van der Waals surface area contributed by atoms with Crippen LogP contribution in [-0.2, 0) is 23.2 Å². The van der Waals surface area contributed by atoms with E-state index in [2.05, 4.69) is 0 Å². The molecule has 0 unspecified atom stereocenters. The van der Waals surface area contributed by atoms with Crippen LogP contribution in [0.25, 0.3) is 0 Å². The summed E-state index contributed by atoms with van der Waals surface area (Å²) in [5.41, 5.74) is 0. The number of carbonyl (C=O) groups excluding carboxylic acids is 3. The SMILES string of the molecule is CC(=O)N([C@@H](CCC(=O)O[Si](C)(C)C)C(=O)O[Si](C)(C)C)[Si](C)(C)C. The van der Waals surface area contributed by atoms with Crippen LogP contribution >= 0.6 is 0 Å². The maximum absolute atomic E-state index is 12.7. The molecule has 0 bridgehead atoms. The predicted molar refractivity (Wildman–Crippen MR) is 108 cm³/mol. The van der Waals surface area contributed by atoms with Crippen LogP contribution in [0, 0.1) is 0 Å². The first-order valence-electron chi connectivity index (χ1n) is 8.68. The molecule has 0 aliphatic heterocycles. The molecule has 0 spiro atoms. The average Bonchev–Trinajstić information content (AvgIpc) is 2.26. The van der Waals surface area contributed by atoms with Gasteiger partial charge in [-0.3, -0.25) is 14.4 Å². The summed E-state index contributed by atoms with van der Waals surface area (Å²) in [6, 6.07) is -0.731. The van der Waals surface area contributed by atoms with Gasteiger partial charge in [-0.2, -0.15) is 0 Å². The van der Waals surface area contributed by atoms with Crippen LogP contribution < -0.4 is 0 Å². The quantitative estimate of drug-likeness (QED) is 0.577. The molecule has 0 aromatic carbocycles. The van der Waals surface area contributed by atoms with Gasteiger partial charge in [-0.25, -0.2) is 0 Å². The van der Waals surface area contributed by atoms with Gasteiger partial charge >= 0.3 is 5.97 Å². The molecule has 6 nitrogen and oxygen atoms in total. The minimum absolute atomic E-state index is 0.101. The van der Waals surface area contributed by atoms with Gasteiger partial charge in [0.1, 0.15) is 6.04 Å². The molecule has 0 saturated carbocycles. The Balaban J connectivity index is 5.43. The van der Waals surface area contributed by atoms with Crippen molar-refractivity contribution in [3.8, 4) is 0 Å². The van der Waals surface area contributed by atoms with E-state index in [4.69, 9.17) is 8.85 Å². The number of nitrogens with zero attached hydrogens (tertiary/aromatic N) is 1. The highest BCUT2D eigenvalue weighted by Crippen LogP contribution is 2.21. The molecule has 0 N–H and O–H groups in total. The lowest BCUT2D eigenvalue weighted by Crippen LogP contribution is -2.58. The fraction of sp³-hybridized carbons (Fsp3) is 0.812. The molecule has 9 heteroatoms. The van der Waals surface area contributed by atoms with Crippen LogP contribution in [0.1, 0.15) is 19.8 Å². The van der Waals surface area contributed by atoms with Gasteiger partial charge in [0, 0.05) is 13.3 Å². The Morgan fingerprint density at radius 1 is 0.840 bits per heavy atom. The van der Waals surface area contributed by atoms with Crippen molar-refractivity contribution in [2.24, 2.45) is 0 Å². The van der Waals surface area contributed by atoms with Crippen molar-refractivity contribution < 1.29 is 23.2 Å². The van der Waals surface area contributed by atoms with E-state index in [0.717, 1.165) is 0 Å². The van der Waals surface area contributed by atoms with Gasteiger partial charge in [0.2, 0.25) is 22.5 Å². The molecular weight excluding hydrogens is 370 g/mol. The van der Waals surface area contributed by atoms with Crippen LogP contribution in [-0.4, -0.2) is 53.3 Å². The largest absolute Gasteiger partial charge is 0.520 e. The molecule has 0 radical (unpaired) electrons. The Labute approximate surface area is 155 Å². The van der Waals surface area contributed by atoms with E-state index in [-0.39, 0.29) is 24.7 Å². The van der Waals surface area contributed by atoms with E-state index in [1.54, 1.807) is 4.57 Å². The highest BCUT2D eigenvalue weighted by Gasteiger charge is 2.39. The summed E-state index contributed by atoms with van der Waals surface area (Å²) in [6.45, 7) is 19.1. The topological polar surface area (TPSA) is 72.9 Å². The van der Waals surface area contributed by atoms with Crippen molar-refractivity contribution in [3.05, 3.63) is 0 Å². The van der Waals surface area contributed by atoms with E-state index in [9.17, 15) is 14.4 Å². The Kier molecular flexibility index (Phi) is 8.31. The number of hydrogen-bond donors (Lipinski definition) is 0. The molecule has 0 fully saturated rings. The molecule has 0 aliphatic rings. The Hall–Kier alpha value is -0.939. The van der Waals surface area contributed by atoms with E-state index >= 15 is 0 Å². The van der Waals surface area contributed by atoms with Crippen molar-refractivity contribution in [1.29, 1.82) is 0 Å². The van der Waals surface area contributed by atoms with Crippen LogP contribution in [0.3, 0.4) is 0 Å². The van der Waals surface area contributed by atoms with Crippen molar-refractivity contribution in [1.82, 2.24) is 4.57 Å². The second-order valence-electron chi connectivity index (χ2n) is 9.23. The van der Waals surface area contributed by atoms with Gasteiger partial charge in [-0.1, -0.05) is 19.6 Å². The molecule has 146 valence electrons. The van der Waals surface area contributed by atoms with Crippen LogP contribution in [0.2, 0.25) is 58.9 Å². The highest BCUT2D eigenvalue weighted by molar-refractivity contribution is 6.76. The fourth-order valence-corrected chi connectivity index (χ4v) is 6.17. The van der Waals surface area contributed by atoms with Crippen molar-refractivity contribution in [2.45, 2.75) is 84.7 Å². The van der Waals surface area contributed by atoms with Crippen molar-refractivity contribution >= 4 is 42.7 Å². The lowest BCUT2D eigenvalue weighted by molar-refractivity contribution is -0.145. The molecule has 0 aromatic rings. The normalized spacial score (nSPS) is 13.8. The smallest absolute Gasteiger partial charge is 0.314 e. The zero-order valence-corrected chi connectivity index (χ0v) is 20.5. The van der Waals surface area contributed by atoms with Crippen molar-refractivity contribution in [3.63, 3.8) is 0 Å². The third kappa shape index (κ3) is 9.95. The molecule has 0 rings (SSSR count). The molecule has 1 atom stereocenters. The molecule has 25 heavy (non-hydrogen) atoms. The average molecular weight is 406 g/mol. The summed E-state index contributed by atoms with van der Waals surface area (Å²) in [4.78, 5) is 37.1. The van der Waals surface area contributed by atoms with Gasteiger partial charge in [0.25, 0.3) is 5.97 Å². The minimum atomic E-state index is -2.11. The van der Waals surface area contributed by atoms with Crippen LogP contribution in [0.15, 0.2) is 0 Å². The zero-order valence-electron chi connectivity index (χ0n) is 17.5. The highest BCUT2D eigenvalue weighted by atomic mass is 28.4. The second kappa shape index (κ2) is 8.63. The number of amides is 1. The van der Waals surface area contributed by atoms with Gasteiger partial charge < -0.3 is 13.4 Å². The second-order valence-corrected chi connectivity index (χ2v) is 22.9. The van der Waals surface area contributed by atoms with Gasteiger partial charge in [0.05, 0.1) is 0 Å². The zero-order chi connectivity index (χ0) is 20.2. The summed E-state index contributed by atoms with van der Waals surface area (Å²) in [6.07, 6.45) is 0.334. The lowest BCUT2D eigenvalue weighted by atomic mass is 10.1. The molecule has 1 amide bonds. The van der Waals surface area contributed by atoms with Gasteiger partial charge in [-0.05, 0) is 45.7 Å². The number of hydrogen-bond acceptors (Lipinski definition) is 5. The monoisotopic (exact) mass is 405 g/mol. The first kappa shape index (κ1) is 24.1. The fourth-order valence-electron chi connectivity index (χ4n) is 2.53. The van der Waals surface area contributed by atoms with Crippen LogP contribution in [0.5, 0.6) is 0 Å². The third-order valence-electron chi connectivity index (χ3n) is 3.09. The maximum atomic E-state index is 12.7. The number of carbonyl (C=O) groups is 3. The van der Waals surface area contributed by atoms with E-state index in [1.165, 1.54) is 6.92 Å². The first-order chi connectivity index (χ1) is 10.9. The lowest BCUT2D eigenvalue weighted by Gasteiger charge is -2.40. The summed E-state index contributed by atoms with van der Waals surface area (Å²) in [7, 11) is -6.19. The predicted octanol–water partition coefficient (Wildman–Crippen LogP) is 3.57. The van der Waals surface area contributed by atoms with Gasteiger partial charge in [0.15, 0.2) is 8.24 Å². The minimum Gasteiger partial charge on any atom is -0.520 e. The third-order valence-corrected chi connectivity index (χ3v) is 6.82. The first-order valence-corrected chi connectivity index (χ1v) is 18.9. The van der Waals surface area contributed by atoms with E-state index < -0.39 is 36.9 Å². The Bertz CT molecular complexity index is 503. The number of rotatable bonds is 8. The Morgan fingerprint density at radius 3 is 1.60 bits per heavy atom. The van der Waals surface area contributed by atoms with Crippen molar-refractivity contribution in [2.75, 3.05) is 0 Å². The molecular formula is C16H35NO5Si3. The maximum Gasteiger partial charge on any atom is 0.314 e.